The third-order valence-electron chi connectivity index (χ3n) is 8.86. The van der Waals surface area contributed by atoms with Gasteiger partial charge >= 0.3 is 8.60 Å². The largest absolute Gasteiger partial charge is 0.426 e. The summed E-state index contributed by atoms with van der Waals surface area (Å²) in [4.78, 5) is 0. The van der Waals surface area contributed by atoms with E-state index in [2.05, 4.69) is 67.5 Å². The van der Waals surface area contributed by atoms with Crippen molar-refractivity contribution in [3.8, 4) is 5.75 Å². The predicted octanol–water partition coefficient (Wildman–Crippen LogP) is 14.7. The molecule has 0 aromatic heterocycles. The lowest BCUT2D eigenvalue weighted by Gasteiger charge is -2.27. The average Bonchev–Trinajstić information content (AvgIpc) is 2.97. The summed E-state index contributed by atoms with van der Waals surface area (Å²) in [6.45, 7) is 19.6. The first-order valence-electron chi connectivity index (χ1n) is 19.1. The molecule has 1 rings (SSSR count). The molecule has 0 N–H and O–H groups in total. The minimum Gasteiger partial charge on any atom is -0.426 e. The lowest BCUT2D eigenvalue weighted by Crippen LogP contribution is -2.15. The first-order chi connectivity index (χ1) is 21.2. The lowest BCUT2D eigenvalue weighted by molar-refractivity contribution is 0.197. The van der Waals surface area contributed by atoms with Crippen molar-refractivity contribution in [1.29, 1.82) is 0 Å². The first kappa shape index (κ1) is 41.4. The quantitative estimate of drug-likeness (QED) is 0.0648. The molecule has 0 radical (unpaired) electrons. The van der Waals surface area contributed by atoms with Gasteiger partial charge in [0.05, 0.1) is 13.2 Å². The van der Waals surface area contributed by atoms with Crippen molar-refractivity contribution in [2.75, 3.05) is 13.2 Å². The SMILES string of the molecule is CCCCCCCCCCCCCOP(OCCCCCCCCCCCCC)Oc1cc(C)c(C(C)C)cc1C(C)(C)C. The zero-order chi connectivity index (χ0) is 32.5. The smallest absolute Gasteiger partial charge is 0.397 e. The van der Waals surface area contributed by atoms with Gasteiger partial charge in [-0.25, -0.2) is 0 Å². The minimum atomic E-state index is -1.41. The Labute approximate surface area is 277 Å². The zero-order valence-corrected chi connectivity index (χ0v) is 31.8. The molecule has 0 saturated heterocycles. The molecule has 1 aromatic carbocycles. The number of hydrogen-bond donors (Lipinski definition) is 0. The summed E-state index contributed by atoms with van der Waals surface area (Å²) >= 11 is 0. The molecule has 3 nitrogen and oxygen atoms in total. The molecule has 0 aliphatic rings. The van der Waals surface area contributed by atoms with Gasteiger partial charge in [0.25, 0.3) is 0 Å². The predicted molar refractivity (Wildman–Crippen MR) is 196 cm³/mol. The van der Waals surface area contributed by atoms with Crippen LogP contribution in [0.25, 0.3) is 0 Å². The monoisotopic (exact) mass is 635 g/mol. The van der Waals surface area contributed by atoms with E-state index in [-0.39, 0.29) is 5.41 Å². The van der Waals surface area contributed by atoms with Gasteiger partial charge in [-0.2, -0.15) is 0 Å². The molecule has 44 heavy (non-hydrogen) atoms. The Morgan fingerprint density at radius 1 is 0.568 bits per heavy atom. The molecule has 0 amide bonds. The Morgan fingerprint density at radius 3 is 1.27 bits per heavy atom. The summed E-state index contributed by atoms with van der Waals surface area (Å²) in [7, 11) is -1.41. The Hall–Kier alpha value is -0.630. The van der Waals surface area contributed by atoms with Crippen LogP contribution in [-0.4, -0.2) is 13.2 Å². The van der Waals surface area contributed by atoms with Crippen LogP contribution in [0.1, 0.15) is 212 Å². The maximum atomic E-state index is 6.61. The molecule has 0 heterocycles. The van der Waals surface area contributed by atoms with E-state index in [1.807, 2.05) is 0 Å². The molecule has 0 fully saturated rings. The van der Waals surface area contributed by atoms with Gasteiger partial charge in [0, 0.05) is 5.56 Å². The van der Waals surface area contributed by atoms with Gasteiger partial charge in [-0.1, -0.05) is 183 Å². The second kappa shape index (κ2) is 26.4. The minimum absolute atomic E-state index is 0.0142. The Kier molecular flexibility index (Phi) is 24.9. The van der Waals surface area contributed by atoms with E-state index in [1.54, 1.807) is 0 Å². The molecule has 0 aliphatic heterocycles. The molecule has 0 bridgehead atoms. The summed E-state index contributed by atoms with van der Waals surface area (Å²) in [6, 6.07) is 4.58. The fourth-order valence-electron chi connectivity index (χ4n) is 5.96. The van der Waals surface area contributed by atoms with E-state index in [9.17, 15) is 0 Å². The van der Waals surface area contributed by atoms with E-state index in [1.165, 1.54) is 145 Å². The Morgan fingerprint density at radius 2 is 0.932 bits per heavy atom. The molecule has 0 atom stereocenters. The van der Waals surface area contributed by atoms with Gasteiger partial charge in [0.2, 0.25) is 0 Å². The fourth-order valence-corrected chi connectivity index (χ4v) is 7.01. The second-order valence-corrected chi connectivity index (χ2v) is 15.8. The van der Waals surface area contributed by atoms with Crippen molar-refractivity contribution in [2.45, 2.75) is 208 Å². The van der Waals surface area contributed by atoms with Crippen LogP contribution in [0.2, 0.25) is 0 Å². The Balaban J connectivity index is 2.54. The number of hydrogen-bond acceptors (Lipinski definition) is 3. The molecular weight excluding hydrogens is 559 g/mol. The summed E-state index contributed by atoms with van der Waals surface area (Å²) in [5, 5.41) is 0. The van der Waals surface area contributed by atoms with E-state index in [0.29, 0.717) is 5.92 Å². The lowest BCUT2D eigenvalue weighted by atomic mass is 9.83. The molecule has 4 heteroatoms. The number of rotatable bonds is 29. The van der Waals surface area contributed by atoms with Crippen LogP contribution >= 0.6 is 8.60 Å². The number of unbranched alkanes of at least 4 members (excludes halogenated alkanes) is 20. The topological polar surface area (TPSA) is 27.7 Å². The number of benzene rings is 1. The van der Waals surface area contributed by atoms with E-state index < -0.39 is 8.60 Å². The van der Waals surface area contributed by atoms with Gasteiger partial charge in [-0.15, -0.1) is 0 Å². The summed E-state index contributed by atoms with van der Waals surface area (Å²) < 4.78 is 19.3. The van der Waals surface area contributed by atoms with E-state index in [4.69, 9.17) is 13.6 Å². The maximum Gasteiger partial charge on any atom is 0.397 e. The van der Waals surface area contributed by atoms with Gasteiger partial charge in [-0.3, -0.25) is 0 Å². The van der Waals surface area contributed by atoms with Crippen LogP contribution in [0.15, 0.2) is 12.1 Å². The average molecular weight is 635 g/mol. The molecular formula is C40H75O3P. The highest BCUT2D eigenvalue weighted by atomic mass is 31.2. The normalized spacial score (nSPS) is 12.1. The fraction of sp³-hybridized carbons (Fsp3) is 0.850. The van der Waals surface area contributed by atoms with E-state index in [0.717, 1.165) is 31.8 Å². The molecule has 0 spiro atoms. The third kappa shape index (κ3) is 20.5. The molecule has 0 saturated carbocycles. The standard InChI is InChI=1S/C40H75O3P/c1-9-11-13-15-17-19-21-23-25-27-29-31-41-44(42-32-30-28-26-24-22-20-18-16-14-12-10-2)43-39-33-36(5)37(35(3)4)34-38(39)40(6,7)8/h33-35H,9-32H2,1-8H3. The summed E-state index contributed by atoms with van der Waals surface area (Å²) in [5.41, 5.74) is 3.92. The van der Waals surface area contributed by atoms with Crippen molar-refractivity contribution in [1.82, 2.24) is 0 Å². The van der Waals surface area contributed by atoms with Crippen LogP contribution in [0.5, 0.6) is 5.75 Å². The van der Waals surface area contributed by atoms with Crippen LogP contribution in [-0.2, 0) is 14.5 Å². The van der Waals surface area contributed by atoms with Gasteiger partial charge < -0.3 is 13.6 Å². The Bertz CT molecular complexity index is 773. The van der Waals surface area contributed by atoms with Gasteiger partial charge in [0.1, 0.15) is 5.75 Å². The molecule has 258 valence electrons. The second-order valence-electron chi connectivity index (χ2n) is 14.7. The van der Waals surface area contributed by atoms with Gasteiger partial charge in [0.15, 0.2) is 0 Å². The highest BCUT2D eigenvalue weighted by Crippen LogP contribution is 2.46. The van der Waals surface area contributed by atoms with Crippen molar-refractivity contribution >= 4 is 8.60 Å². The summed E-state index contributed by atoms with van der Waals surface area (Å²) in [5.74, 6) is 1.42. The van der Waals surface area contributed by atoms with Crippen molar-refractivity contribution in [3.63, 3.8) is 0 Å². The van der Waals surface area contributed by atoms with Crippen LogP contribution in [0.4, 0.5) is 0 Å². The van der Waals surface area contributed by atoms with E-state index >= 15 is 0 Å². The first-order valence-corrected chi connectivity index (χ1v) is 20.2. The van der Waals surface area contributed by atoms with Crippen molar-refractivity contribution in [3.05, 3.63) is 28.8 Å². The molecule has 0 unspecified atom stereocenters. The molecule has 0 aliphatic carbocycles. The van der Waals surface area contributed by atoms with Crippen molar-refractivity contribution in [2.24, 2.45) is 0 Å². The zero-order valence-electron chi connectivity index (χ0n) is 30.9. The maximum absolute atomic E-state index is 6.61. The van der Waals surface area contributed by atoms with Crippen LogP contribution in [0, 0.1) is 6.92 Å². The van der Waals surface area contributed by atoms with Crippen LogP contribution < -0.4 is 4.52 Å². The highest BCUT2D eigenvalue weighted by Gasteiger charge is 2.25. The third-order valence-corrected chi connectivity index (χ3v) is 9.99. The van der Waals surface area contributed by atoms with Crippen molar-refractivity contribution < 1.29 is 13.6 Å². The van der Waals surface area contributed by atoms with Gasteiger partial charge in [-0.05, 0) is 48.3 Å². The number of aryl methyl sites for hydroxylation is 1. The van der Waals surface area contributed by atoms with Crippen LogP contribution in [0.3, 0.4) is 0 Å². The highest BCUT2D eigenvalue weighted by molar-refractivity contribution is 7.42. The molecule has 1 aromatic rings. The summed E-state index contributed by atoms with van der Waals surface area (Å²) in [6.07, 6.45) is 29.5.